The van der Waals surface area contributed by atoms with Gasteiger partial charge in [-0.25, -0.2) is 14.8 Å². The Morgan fingerprint density at radius 2 is 1.85 bits per heavy atom. The van der Waals surface area contributed by atoms with E-state index in [1.54, 1.807) is 24.3 Å². The number of urea groups is 1. The van der Waals surface area contributed by atoms with Gasteiger partial charge in [0.1, 0.15) is 17.7 Å². The number of H-pyrrole nitrogens is 1. The molecule has 6 rings (SSSR count). The van der Waals surface area contributed by atoms with Crippen LogP contribution in [0.2, 0.25) is 0 Å². The van der Waals surface area contributed by atoms with Gasteiger partial charge in [0, 0.05) is 76.6 Å². The number of aromatic amines is 1. The Morgan fingerprint density at radius 3 is 2.58 bits per heavy atom. The molecule has 0 aliphatic carbocycles. The molecule has 48 heavy (non-hydrogen) atoms. The van der Waals surface area contributed by atoms with Crippen molar-refractivity contribution in [1.29, 1.82) is 0 Å². The zero-order valence-electron chi connectivity index (χ0n) is 27.4. The highest BCUT2D eigenvalue weighted by Crippen LogP contribution is 2.36. The Morgan fingerprint density at radius 1 is 1.06 bits per heavy atom. The number of carbonyl (C=O) groups is 1. The number of benzene rings is 1. The van der Waals surface area contributed by atoms with Crippen LogP contribution >= 0.6 is 0 Å². The molecule has 2 aliphatic rings. The lowest BCUT2D eigenvalue weighted by Crippen LogP contribution is -2.45. The minimum Gasteiger partial charge on any atom is -0.437 e. The van der Waals surface area contributed by atoms with Crippen molar-refractivity contribution in [3.63, 3.8) is 0 Å². The van der Waals surface area contributed by atoms with Gasteiger partial charge in [-0.2, -0.15) is 13.2 Å². The van der Waals surface area contributed by atoms with E-state index in [1.807, 2.05) is 24.0 Å². The lowest BCUT2D eigenvalue weighted by Gasteiger charge is -2.34. The number of halogens is 3. The monoisotopic (exact) mass is 666 g/mol. The van der Waals surface area contributed by atoms with Crippen molar-refractivity contribution in [3.05, 3.63) is 70.9 Å². The van der Waals surface area contributed by atoms with Gasteiger partial charge in [-0.3, -0.25) is 9.88 Å². The van der Waals surface area contributed by atoms with Gasteiger partial charge >= 0.3 is 12.2 Å². The molecule has 11 nitrogen and oxygen atoms in total. The van der Waals surface area contributed by atoms with Crippen molar-refractivity contribution < 1.29 is 27.4 Å². The highest BCUT2D eigenvalue weighted by molar-refractivity contribution is 5.89. The Labute approximate surface area is 277 Å². The molecule has 1 fully saturated rings. The summed E-state index contributed by atoms with van der Waals surface area (Å²) in [6.45, 7) is 9.50. The quantitative estimate of drug-likeness (QED) is 0.211. The van der Waals surface area contributed by atoms with Crippen molar-refractivity contribution in [1.82, 2.24) is 34.6 Å². The summed E-state index contributed by atoms with van der Waals surface area (Å²) in [5, 5.41) is 3.44. The first kappa shape index (κ1) is 33.6. The van der Waals surface area contributed by atoms with Crippen LogP contribution in [0.15, 0.2) is 42.9 Å². The summed E-state index contributed by atoms with van der Waals surface area (Å²) in [6.07, 6.45) is -0.0794. The van der Waals surface area contributed by atoms with Gasteiger partial charge in [-0.05, 0) is 48.4 Å². The van der Waals surface area contributed by atoms with Crippen molar-refractivity contribution in [3.8, 4) is 11.6 Å². The van der Waals surface area contributed by atoms with Crippen LogP contribution < -0.4 is 10.1 Å². The lowest BCUT2D eigenvalue weighted by atomic mass is 9.92. The first-order chi connectivity index (χ1) is 23.1. The summed E-state index contributed by atoms with van der Waals surface area (Å²) in [4.78, 5) is 36.0. The SMILES string of the molecule is CCC1CN(C(=O)Nc2ccc(CN3CCN(CC)CC3)c(C(F)(F)F)c2)Cc2cc(Oc3ncnc4[nH]c(CCOC)cc34)cnc21. The number of hydrogen-bond acceptors (Lipinski definition) is 8. The third kappa shape index (κ3) is 7.55. The van der Waals surface area contributed by atoms with E-state index in [1.165, 1.54) is 12.4 Å². The van der Waals surface area contributed by atoms with Crippen LogP contribution in [-0.4, -0.2) is 93.7 Å². The second-order valence-corrected chi connectivity index (χ2v) is 12.3. The zero-order chi connectivity index (χ0) is 33.8. The largest absolute Gasteiger partial charge is 0.437 e. The first-order valence-corrected chi connectivity index (χ1v) is 16.3. The van der Waals surface area contributed by atoms with Gasteiger partial charge in [-0.1, -0.05) is 19.9 Å². The molecule has 0 bridgehead atoms. The average Bonchev–Trinajstić information content (AvgIpc) is 3.51. The standard InChI is InChI=1S/C34H41F3N8O3/c1-4-22-19-45(33(46)42-25-7-6-23(29(16-25)34(35,36)37)18-44-11-9-43(5-2)10-12-44)20-24-14-27(17-38-30(22)24)48-32-28-15-26(8-13-47-3)41-31(28)39-21-40-32/h6-7,14-17,21-22H,4-5,8-13,18-20H2,1-3H3,(H,42,46)(H,39,40,41). The molecule has 3 aromatic heterocycles. The van der Waals surface area contributed by atoms with Gasteiger partial charge in [0.2, 0.25) is 5.88 Å². The molecule has 0 radical (unpaired) electrons. The second kappa shape index (κ2) is 14.5. The molecule has 2 amide bonds. The van der Waals surface area contributed by atoms with Gasteiger partial charge in [0.25, 0.3) is 0 Å². The number of likely N-dealkylation sites (N-methyl/N-ethyl adjacent to an activating group) is 1. The predicted molar refractivity (Wildman–Crippen MR) is 175 cm³/mol. The number of alkyl halides is 3. The maximum atomic E-state index is 14.2. The van der Waals surface area contributed by atoms with Crippen LogP contribution in [0.4, 0.5) is 23.7 Å². The second-order valence-electron chi connectivity index (χ2n) is 12.3. The van der Waals surface area contributed by atoms with Gasteiger partial charge in [0.05, 0.1) is 29.4 Å². The van der Waals surface area contributed by atoms with Crippen molar-refractivity contribution in [2.24, 2.45) is 0 Å². The topological polar surface area (TPSA) is 112 Å². The molecule has 2 N–H and O–H groups in total. The third-order valence-electron chi connectivity index (χ3n) is 9.15. The van der Waals surface area contributed by atoms with Crippen LogP contribution in [0.1, 0.15) is 54.3 Å². The third-order valence-corrected chi connectivity index (χ3v) is 9.15. The number of amides is 2. The summed E-state index contributed by atoms with van der Waals surface area (Å²) in [7, 11) is 1.64. The minimum atomic E-state index is -4.55. The lowest BCUT2D eigenvalue weighted by molar-refractivity contribution is -0.138. The number of carbonyl (C=O) groups excluding carboxylic acids is 1. The maximum absolute atomic E-state index is 14.2. The van der Waals surface area contributed by atoms with E-state index in [9.17, 15) is 18.0 Å². The number of hydrogen-bond donors (Lipinski definition) is 2. The van der Waals surface area contributed by atoms with E-state index < -0.39 is 17.8 Å². The smallest absolute Gasteiger partial charge is 0.416 e. The minimum absolute atomic E-state index is 0.0476. The first-order valence-electron chi connectivity index (χ1n) is 16.3. The zero-order valence-corrected chi connectivity index (χ0v) is 27.4. The Bertz CT molecular complexity index is 1740. The summed E-state index contributed by atoms with van der Waals surface area (Å²) < 4.78 is 53.9. The summed E-state index contributed by atoms with van der Waals surface area (Å²) in [5.41, 5.74) is 2.83. The van der Waals surface area contributed by atoms with E-state index in [4.69, 9.17) is 14.5 Å². The highest BCUT2D eigenvalue weighted by atomic mass is 19.4. The van der Waals surface area contributed by atoms with E-state index >= 15 is 0 Å². The van der Waals surface area contributed by atoms with Crippen molar-refractivity contribution >= 4 is 22.8 Å². The van der Waals surface area contributed by atoms with Crippen molar-refractivity contribution in [2.45, 2.75) is 51.9 Å². The number of nitrogens with zero attached hydrogens (tertiary/aromatic N) is 6. The number of anilines is 1. The van der Waals surface area contributed by atoms with Crippen LogP contribution in [-0.2, 0) is 30.4 Å². The molecule has 4 aromatic rings. The molecule has 5 heterocycles. The van der Waals surface area contributed by atoms with Gasteiger partial charge < -0.3 is 29.6 Å². The van der Waals surface area contributed by atoms with Gasteiger partial charge in [0.15, 0.2) is 0 Å². The number of fused-ring (bicyclic) bond motifs is 2. The average molecular weight is 667 g/mol. The summed E-state index contributed by atoms with van der Waals surface area (Å²) in [5.74, 6) is 0.770. The molecule has 256 valence electrons. The molecule has 1 atom stereocenters. The Balaban J connectivity index is 1.17. The number of rotatable bonds is 10. The summed E-state index contributed by atoms with van der Waals surface area (Å²) in [6, 6.07) is 7.37. The number of ether oxygens (including phenoxy) is 2. The van der Waals surface area contributed by atoms with Crippen LogP contribution in [0.3, 0.4) is 0 Å². The Kier molecular flexibility index (Phi) is 10.1. The van der Waals surface area contributed by atoms with E-state index in [0.29, 0.717) is 49.9 Å². The van der Waals surface area contributed by atoms with Crippen LogP contribution in [0.25, 0.3) is 11.0 Å². The molecule has 1 unspecified atom stereocenters. The molecule has 1 aromatic carbocycles. The maximum Gasteiger partial charge on any atom is 0.416 e. The molecule has 0 saturated carbocycles. The predicted octanol–water partition coefficient (Wildman–Crippen LogP) is 6.03. The molecule has 0 spiro atoms. The summed E-state index contributed by atoms with van der Waals surface area (Å²) >= 11 is 0. The number of piperazine rings is 1. The highest BCUT2D eigenvalue weighted by Gasteiger charge is 2.35. The van der Waals surface area contributed by atoms with Crippen LogP contribution in [0, 0.1) is 0 Å². The molecule has 1 saturated heterocycles. The van der Waals surface area contributed by atoms with E-state index in [-0.39, 0.29) is 30.3 Å². The normalized spacial score (nSPS) is 17.5. The fourth-order valence-electron chi connectivity index (χ4n) is 6.42. The molecular formula is C34H41F3N8O3. The fraction of sp³-hybridized carbons (Fsp3) is 0.471. The molecule has 14 heteroatoms. The van der Waals surface area contributed by atoms with Crippen LogP contribution in [0.5, 0.6) is 11.6 Å². The fourth-order valence-corrected chi connectivity index (χ4v) is 6.42. The molecular weight excluding hydrogens is 625 g/mol. The van der Waals surface area contributed by atoms with Crippen molar-refractivity contribution in [2.75, 3.05) is 58.3 Å². The van der Waals surface area contributed by atoms with E-state index in [0.717, 1.165) is 54.5 Å². The van der Waals surface area contributed by atoms with Gasteiger partial charge in [-0.15, -0.1) is 0 Å². The molecule has 2 aliphatic heterocycles. The number of nitrogens with one attached hydrogen (secondary N) is 2. The number of aromatic nitrogens is 4. The number of methoxy groups -OCH3 is 1. The van der Waals surface area contributed by atoms with E-state index in [2.05, 4.69) is 32.1 Å². The Hall–Kier alpha value is -4.27. The number of pyridine rings is 1.